The van der Waals surface area contributed by atoms with E-state index < -0.39 is 18.2 Å². The maximum Gasteiger partial charge on any atom is 0.288 e. The van der Waals surface area contributed by atoms with Crippen molar-refractivity contribution in [3.8, 4) is 0 Å². The summed E-state index contributed by atoms with van der Waals surface area (Å²) in [5, 5.41) is 13.5. The van der Waals surface area contributed by atoms with Gasteiger partial charge in [-0.25, -0.2) is 9.67 Å². The van der Waals surface area contributed by atoms with E-state index in [9.17, 15) is 9.90 Å². The molecule has 82 valence electrons. The zero-order chi connectivity index (χ0) is 11.0. The third-order valence-electron chi connectivity index (χ3n) is 2.26. The van der Waals surface area contributed by atoms with Crippen LogP contribution in [0.25, 0.3) is 0 Å². The maximum atomic E-state index is 10.8. The van der Waals surface area contributed by atoms with E-state index >= 15 is 0 Å². The molecular weight excluding hydrogens is 200 g/mol. The van der Waals surface area contributed by atoms with Crippen LogP contribution in [-0.2, 0) is 4.74 Å². The van der Waals surface area contributed by atoms with Gasteiger partial charge in [-0.05, 0) is 6.92 Å². The highest BCUT2D eigenvalue weighted by atomic mass is 16.5. The lowest BCUT2D eigenvalue weighted by molar-refractivity contribution is -0.0397. The third kappa shape index (κ3) is 1.83. The molecule has 7 nitrogen and oxygen atoms in total. The second-order valence-corrected chi connectivity index (χ2v) is 3.55. The summed E-state index contributed by atoms with van der Waals surface area (Å²) >= 11 is 0. The second-order valence-electron chi connectivity index (χ2n) is 3.55. The molecule has 3 atom stereocenters. The van der Waals surface area contributed by atoms with Crippen molar-refractivity contribution in [1.29, 1.82) is 0 Å². The minimum absolute atomic E-state index is 0.0359. The minimum atomic E-state index is -0.700. The predicted octanol–water partition coefficient (Wildman–Crippen LogP) is -0.955. The molecule has 7 heteroatoms. The van der Waals surface area contributed by atoms with E-state index in [0.717, 1.165) is 0 Å². The van der Waals surface area contributed by atoms with E-state index in [1.807, 2.05) is 6.92 Å². The minimum Gasteiger partial charge on any atom is -0.388 e. The van der Waals surface area contributed by atoms with Gasteiger partial charge >= 0.3 is 0 Å². The maximum absolute atomic E-state index is 10.8. The van der Waals surface area contributed by atoms with Gasteiger partial charge in [0, 0.05) is 6.42 Å². The first kappa shape index (κ1) is 10.1. The first-order chi connectivity index (χ1) is 7.08. The van der Waals surface area contributed by atoms with Crippen LogP contribution in [-0.4, -0.2) is 38.0 Å². The summed E-state index contributed by atoms with van der Waals surface area (Å²) in [5.41, 5.74) is 5.01. The summed E-state index contributed by atoms with van der Waals surface area (Å²) in [6, 6.07) is 0. The Morgan fingerprint density at radius 2 is 2.53 bits per heavy atom. The summed E-state index contributed by atoms with van der Waals surface area (Å²) in [4.78, 5) is 14.5. The molecule has 0 aliphatic carbocycles. The number of carbonyl (C=O) groups is 1. The Morgan fingerprint density at radius 1 is 1.80 bits per heavy atom. The largest absolute Gasteiger partial charge is 0.388 e. The Labute approximate surface area is 85.9 Å². The van der Waals surface area contributed by atoms with Crippen molar-refractivity contribution in [2.45, 2.75) is 31.8 Å². The lowest BCUT2D eigenvalue weighted by atomic mass is 10.2. The van der Waals surface area contributed by atoms with Gasteiger partial charge in [-0.15, -0.1) is 5.10 Å². The van der Waals surface area contributed by atoms with E-state index in [4.69, 9.17) is 10.5 Å². The van der Waals surface area contributed by atoms with Gasteiger partial charge in [0.05, 0.1) is 6.10 Å². The number of aliphatic hydroxyl groups excluding tert-OH is 1. The van der Waals surface area contributed by atoms with Crippen molar-refractivity contribution < 1.29 is 14.6 Å². The Morgan fingerprint density at radius 3 is 3.00 bits per heavy atom. The fourth-order valence-corrected chi connectivity index (χ4v) is 1.59. The number of hydrogen-bond donors (Lipinski definition) is 2. The van der Waals surface area contributed by atoms with E-state index in [0.29, 0.717) is 6.42 Å². The lowest BCUT2D eigenvalue weighted by Gasteiger charge is -2.13. The van der Waals surface area contributed by atoms with Crippen molar-refractivity contribution in [2.24, 2.45) is 5.73 Å². The standard InChI is InChI=1S/C8H12N4O3/c1-4-2-5(13)8(15-4)12-3-10-7(11-12)6(9)14/h3-5,8,13H,2H2,1H3,(H2,9,14). The van der Waals surface area contributed by atoms with Crippen LogP contribution in [0.2, 0.25) is 0 Å². The molecular formula is C8H12N4O3. The average Bonchev–Trinajstić information content (AvgIpc) is 2.71. The van der Waals surface area contributed by atoms with Crippen LogP contribution in [0.3, 0.4) is 0 Å². The molecule has 1 aromatic rings. The van der Waals surface area contributed by atoms with Crippen LogP contribution in [0.5, 0.6) is 0 Å². The number of ether oxygens (including phenoxy) is 1. The van der Waals surface area contributed by atoms with E-state index in [1.54, 1.807) is 0 Å². The number of hydrogen-bond acceptors (Lipinski definition) is 5. The summed E-state index contributed by atoms with van der Waals surface area (Å²) in [5.74, 6) is -0.778. The second kappa shape index (κ2) is 3.59. The first-order valence-electron chi connectivity index (χ1n) is 4.62. The van der Waals surface area contributed by atoms with Crippen molar-refractivity contribution in [1.82, 2.24) is 14.8 Å². The fraction of sp³-hybridized carbons (Fsp3) is 0.625. The summed E-state index contributed by atoms with van der Waals surface area (Å²) in [6.07, 6.45) is 0.608. The van der Waals surface area contributed by atoms with Crippen LogP contribution < -0.4 is 5.73 Å². The molecule has 3 unspecified atom stereocenters. The van der Waals surface area contributed by atoms with Crippen LogP contribution >= 0.6 is 0 Å². The number of nitrogens with two attached hydrogens (primary N) is 1. The van der Waals surface area contributed by atoms with Crippen LogP contribution in [0, 0.1) is 0 Å². The van der Waals surface area contributed by atoms with Crippen LogP contribution in [0.15, 0.2) is 6.33 Å². The monoisotopic (exact) mass is 212 g/mol. The number of aliphatic hydroxyl groups is 1. The molecule has 1 saturated heterocycles. The van der Waals surface area contributed by atoms with E-state index in [1.165, 1.54) is 11.0 Å². The third-order valence-corrected chi connectivity index (χ3v) is 2.26. The Balaban J connectivity index is 2.19. The van der Waals surface area contributed by atoms with E-state index in [2.05, 4.69) is 10.1 Å². The van der Waals surface area contributed by atoms with Crippen LogP contribution in [0.4, 0.5) is 0 Å². The molecule has 0 aromatic carbocycles. The molecule has 1 aliphatic rings. The summed E-state index contributed by atoms with van der Waals surface area (Å²) in [6.45, 7) is 1.86. The van der Waals surface area contributed by atoms with Crippen molar-refractivity contribution in [3.05, 3.63) is 12.2 Å². The zero-order valence-corrected chi connectivity index (χ0v) is 8.20. The molecule has 2 heterocycles. The van der Waals surface area contributed by atoms with Gasteiger partial charge in [-0.3, -0.25) is 4.79 Å². The molecule has 3 N–H and O–H groups in total. The Kier molecular flexibility index (Phi) is 2.41. The molecule has 1 aliphatic heterocycles. The normalized spacial score (nSPS) is 30.7. The predicted molar refractivity (Wildman–Crippen MR) is 48.7 cm³/mol. The number of nitrogens with zero attached hydrogens (tertiary/aromatic N) is 3. The SMILES string of the molecule is CC1CC(O)C(n2cnc(C(N)=O)n2)O1. The number of rotatable bonds is 2. The van der Waals surface area contributed by atoms with Crippen molar-refractivity contribution >= 4 is 5.91 Å². The van der Waals surface area contributed by atoms with Gasteiger partial charge in [0.25, 0.3) is 5.91 Å². The zero-order valence-electron chi connectivity index (χ0n) is 8.20. The molecule has 1 aromatic heterocycles. The molecule has 0 spiro atoms. The van der Waals surface area contributed by atoms with Crippen molar-refractivity contribution in [2.75, 3.05) is 0 Å². The van der Waals surface area contributed by atoms with Crippen molar-refractivity contribution in [3.63, 3.8) is 0 Å². The smallest absolute Gasteiger partial charge is 0.288 e. The highest BCUT2D eigenvalue weighted by Gasteiger charge is 2.33. The molecule has 1 fully saturated rings. The van der Waals surface area contributed by atoms with Crippen LogP contribution in [0.1, 0.15) is 30.2 Å². The van der Waals surface area contributed by atoms with Gasteiger partial charge < -0.3 is 15.6 Å². The molecule has 15 heavy (non-hydrogen) atoms. The lowest BCUT2D eigenvalue weighted by Crippen LogP contribution is -2.21. The molecule has 0 bridgehead atoms. The average molecular weight is 212 g/mol. The van der Waals surface area contributed by atoms with Gasteiger partial charge in [-0.1, -0.05) is 0 Å². The number of primary amides is 1. The number of aromatic nitrogens is 3. The molecule has 0 radical (unpaired) electrons. The van der Waals surface area contributed by atoms with E-state index in [-0.39, 0.29) is 11.9 Å². The van der Waals surface area contributed by atoms with Gasteiger partial charge in [-0.2, -0.15) is 0 Å². The molecule has 0 saturated carbocycles. The number of carbonyl (C=O) groups excluding carboxylic acids is 1. The van der Waals surface area contributed by atoms with Gasteiger partial charge in [0.1, 0.15) is 12.4 Å². The highest BCUT2D eigenvalue weighted by molar-refractivity contribution is 5.88. The topological polar surface area (TPSA) is 103 Å². The summed E-state index contributed by atoms with van der Waals surface area (Å²) in [7, 11) is 0. The highest BCUT2D eigenvalue weighted by Crippen LogP contribution is 2.27. The van der Waals surface area contributed by atoms with Gasteiger partial charge in [0.2, 0.25) is 5.82 Å². The fourth-order valence-electron chi connectivity index (χ4n) is 1.59. The van der Waals surface area contributed by atoms with Gasteiger partial charge in [0.15, 0.2) is 6.23 Å². The molecule has 1 amide bonds. The number of amides is 1. The Bertz CT molecular complexity index is 378. The molecule has 2 rings (SSSR count). The first-order valence-corrected chi connectivity index (χ1v) is 4.62. The summed E-state index contributed by atoms with van der Waals surface area (Å²) < 4.78 is 6.72. The quantitative estimate of drug-likeness (QED) is 0.657. The Hall–Kier alpha value is -1.47.